The Kier molecular flexibility index (Phi) is 14.4. The maximum atomic E-state index is 10.7. The van der Waals surface area contributed by atoms with Crippen LogP contribution < -0.4 is 21.3 Å². The quantitative estimate of drug-likeness (QED) is 0.0990. The smallest absolute Gasteiger partial charge is 0.320 e. The molecule has 1 fully saturated rings. The van der Waals surface area contributed by atoms with E-state index in [1.807, 2.05) is 12.1 Å². The minimum absolute atomic E-state index is 0.138. The fourth-order valence-electron chi connectivity index (χ4n) is 6.04. The highest BCUT2D eigenvalue weighted by Gasteiger charge is 2.44. The number of rotatable bonds is 16. The average molecular weight is 563 g/mol. The van der Waals surface area contributed by atoms with Gasteiger partial charge in [0, 0.05) is 6.42 Å². The lowest BCUT2D eigenvalue weighted by atomic mass is 9.73. The van der Waals surface area contributed by atoms with Crippen LogP contribution in [0.15, 0.2) is 18.2 Å². The molecule has 2 aliphatic carbocycles. The molecule has 0 unspecified atom stereocenters. The fraction of sp³-hybridized carbons (Fsp3) is 0.700. The van der Waals surface area contributed by atoms with Crippen LogP contribution in [0, 0.1) is 23.2 Å². The van der Waals surface area contributed by atoms with E-state index >= 15 is 0 Å². The minimum atomic E-state index is -1.22. The predicted molar refractivity (Wildman–Crippen MR) is 151 cm³/mol. The second-order valence-electron chi connectivity index (χ2n) is 11.3. The van der Waals surface area contributed by atoms with E-state index in [4.69, 9.17) is 26.7 Å². The SMILES string of the molecule is CCCCC[C@H](O)CC[C@@H]1[C@H]2Cc3cccc(OCC(=O)[O-])c3C[C@H]2C[C@H]1O.N=C(N)CCCC[C@H](N)C(=O)O. The van der Waals surface area contributed by atoms with Gasteiger partial charge in [0.1, 0.15) is 18.4 Å². The van der Waals surface area contributed by atoms with Crippen molar-refractivity contribution in [3.63, 3.8) is 0 Å². The van der Waals surface area contributed by atoms with Gasteiger partial charge < -0.3 is 41.4 Å². The standard InChI is InChI=1S/C23H34O5.C7H15N3O2/c1-2-3-4-7-17(24)9-10-18-19-11-15-6-5-8-22(28-14-23(26)27)20(15)12-16(19)13-21(18)25;8-5(7(11)12)3-1-2-4-6(9)10/h5-6,8,16-19,21,24-25H,2-4,7,9-14H2,1H3,(H,26,27);5H,1-4,8H2,(H3,9,10)(H,11,12)/p-1/t16-,17-,18+,19-,21+;5-/m00/s1. The highest BCUT2D eigenvalue weighted by molar-refractivity contribution is 5.76. The Morgan fingerprint density at radius 2 is 1.88 bits per heavy atom. The highest BCUT2D eigenvalue weighted by atomic mass is 16.5. The maximum Gasteiger partial charge on any atom is 0.320 e. The van der Waals surface area contributed by atoms with Gasteiger partial charge in [-0.3, -0.25) is 10.2 Å². The molecule has 1 saturated carbocycles. The third kappa shape index (κ3) is 11.1. The lowest BCUT2D eigenvalue weighted by molar-refractivity contribution is -0.307. The van der Waals surface area contributed by atoms with Crippen LogP contribution in [0.1, 0.15) is 88.7 Å². The molecule has 8 N–H and O–H groups in total. The van der Waals surface area contributed by atoms with E-state index in [2.05, 4.69) is 13.0 Å². The summed E-state index contributed by atoms with van der Waals surface area (Å²) >= 11 is 0. The van der Waals surface area contributed by atoms with E-state index in [0.717, 1.165) is 69.8 Å². The van der Waals surface area contributed by atoms with Gasteiger partial charge in [0.15, 0.2) is 0 Å². The maximum absolute atomic E-state index is 10.7. The van der Waals surface area contributed by atoms with Crippen molar-refractivity contribution in [2.75, 3.05) is 6.61 Å². The van der Waals surface area contributed by atoms with Crippen LogP contribution in [0.3, 0.4) is 0 Å². The summed E-state index contributed by atoms with van der Waals surface area (Å²) in [7, 11) is 0. The summed E-state index contributed by atoms with van der Waals surface area (Å²) < 4.78 is 5.44. The van der Waals surface area contributed by atoms with Gasteiger partial charge >= 0.3 is 5.97 Å². The Morgan fingerprint density at radius 1 is 1.15 bits per heavy atom. The molecule has 2 aliphatic rings. The monoisotopic (exact) mass is 562 g/mol. The summed E-state index contributed by atoms with van der Waals surface area (Å²) in [5, 5.41) is 47.0. The molecule has 0 aromatic heterocycles. The topological polar surface area (TPSA) is 203 Å². The molecule has 10 nitrogen and oxygen atoms in total. The van der Waals surface area contributed by atoms with Gasteiger partial charge in [-0.15, -0.1) is 0 Å². The van der Waals surface area contributed by atoms with E-state index in [1.165, 1.54) is 5.56 Å². The van der Waals surface area contributed by atoms with Gasteiger partial charge in [0.05, 0.1) is 24.0 Å². The first-order chi connectivity index (χ1) is 19.0. The number of carboxylic acid groups (broad SMARTS) is 2. The van der Waals surface area contributed by atoms with Crippen molar-refractivity contribution >= 4 is 17.8 Å². The van der Waals surface area contributed by atoms with Gasteiger partial charge in [-0.2, -0.15) is 0 Å². The summed E-state index contributed by atoms with van der Waals surface area (Å²) in [6, 6.07) is 5.02. The molecular weight excluding hydrogens is 514 g/mol. The van der Waals surface area contributed by atoms with E-state index < -0.39 is 24.6 Å². The number of carbonyl (C=O) groups excluding carboxylic acids is 1. The molecule has 226 valence electrons. The first-order valence-corrected chi connectivity index (χ1v) is 14.6. The lowest BCUT2D eigenvalue weighted by Crippen LogP contribution is -2.30. The first kappa shape index (κ1) is 33.5. The van der Waals surface area contributed by atoms with E-state index in [-0.39, 0.29) is 24.0 Å². The highest BCUT2D eigenvalue weighted by Crippen LogP contribution is 2.48. The van der Waals surface area contributed by atoms with E-state index in [1.54, 1.807) is 0 Å². The molecule has 0 saturated heterocycles. The molecule has 3 rings (SSSR count). The fourth-order valence-corrected chi connectivity index (χ4v) is 6.04. The number of aliphatic hydroxyl groups is 2. The van der Waals surface area contributed by atoms with Crippen molar-refractivity contribution in [2.24, 2.45) is 29.2 Å². The number of carbonyl (C=O) groups is 2. The molecule has 40 heavy (non-hydrogen) atoms. The molecule has 0 aliphatic heterocycles. The van der Waals surface area contributed by atoms with Gasteiger partial charge in [-0.1, -0.05) is 44.7 Å². The van der Waals surface area contributed by atoms with Gasteiger partial charge in [0.2, 0.25) is 0 Å². The second kappa shape index (κ2) is 17.2. The molecule has 1 aromatic carbocycles. The van der Waals surface area contributed by atoms with Gasteiger partial charge in [-0.05, 0) is 86.3 Å². The van der Waals surface area contributed by atoms with Crippen molar-refractivity contribution in [1.82, 2.24) is 0 Å². The van der Waals surface area contributed by atoms with Crippen LogP contribution in [-0.2, 0) is 22.4 Å². The Labute approximate surface area is 237 Å². The Bertz CT molecular complexity index is 957. The number of unbranched alkanes of at least 4 members (excludes halogenated alkanes) is 3. The van der Waals surface area contributed by atoms with Crippen LogP contribution in [0.25, 0.3) is 0 Å². The molecule has 0 amide bonds. The Balaban J connectivity index is 0.000000395. The molecule has 0 bridgehead atoms. The predicted octanol–water partition coefficient (Wildman–Crippen LogP) is 2.14. The largest absolute Gasteiger partial charge is 0.546 e. The second-order valence-corrected chi connectivity index (χ2v) is 11.3. The number of amidine groups is 1. The first-order valence-electron chi connectivity index (χ1n) is 14.6. The van der Waals surface area contributed by atoms with Gasteiger partial charge in [0.25, 0.3) is 0 Å². The summed E-state index contributed by atoms with van der Waals surface area (Å²) in [5.74, 6) is -0.396. The Morgan fingerprint density at radius 3 is 2.52 bits per heavy atom. The van der Waals surface area contributed by atoms with E-state index in [0.29, 0.717) is 36.8 Å². The van der Waals surface area contributed by atoms with Crippen molar-refractivity contribution in [3.8, 4) is 5.75 Å². The number of hydrogen-bond acceptors (Lipinski definition) is 8. The Hall–Kier alpha value is -2.69. The number of aliphatic hydroxyl groups excluding tert-OH is 2. The summed E-state index contributed by atoms with van der Waals surface area (Å²) in [5.41, 5.74) is 12.6. The molecule has 0 heterocycles. The average Bonchev–Trinajstić information content (AvgIpc) is 3.21. The van der Waals surface area contributed by atoms with Crippen LogP contribution in [-0.4, -0.2) is 58.0 Å². The summed E-state index contributed by atoms with van der Waals surface area (Å²) in [6.45, 7) is 1.73. The zero-order valence-corrected chi connectivity index (χ0v) is 23.7. The molecule has 0 spiro atoms. The number of aliphatic carboxylic acids is 2. The molecule has 1 aromatic rings. The lowest BCUT2D eigenvalue weighted by Gasteiger charge is -2.32. The number of ether oxygens (including phenoxy) is 1. The molecule has 0 radical (unpaired) electrons. The number of benzene rings is 1. The van der Waals surface area contributed by atoms with Crippen molar-refractivity contribution in [2.45, 2.75) is 109 Å². The number of nitrogens with two attached hydrogens (primary N) is 2. The van der Waals surface area contributed by atoms with Crippen LogP contribution in [0.5, 0.6) is 5.75 Å². The molecule has 6 atom stereocenters. The van der Waals surface area contributed by atoms with Gasteiger partial charge in [-0.25, -0.2) is 0 Å². The molecular formula is C30H48N3O7-. The number of nitrogens with one attached hydrogen (secondary N) is 1. The summed E-state index contributed by atoms with van der Waals surface area (Å²) in [4.78, 5) is 21.0. The van der Waals surface area contributed by atoms with Crippen LogP contribution in [0.4, 0.5) is 0 Å². The molecule has 10 heteroatoms. The number of carboxylic acids is 2. The van der Waals surface area contributed by atoms with E-state index in [9.17, 15) is 24.9 Å². The number of fused-ring (bicyclic) bond motifs is 2. The van der Waals surface area contributed by atoms with Crippen molar-refractivity contribution < 1.29 is 34.8 Å². The van der Waals surface area contributed by atoms with Crippen molar-refractivity contribution in [1.29, 1.82) is 5.41 Å². The van der Waals surface area contributed by atoms with Crippen LogP contribution in [0.2, 0.25) is 0 Å². The third-order valence-corrected chi connectivity index (χ3v) is 8.19. The zero-order chi connectivity index (χ0) is 29.7. The normalized spacial score (nSPS) is 22.7. The number of hydrogen-bond donors (Lipinski definition) is 6. The third-order valence-electron chi connectivity index (χ3n) is 8.19. The minimum Gasteiger partial charge on any atom is -0.546 e. The summed E-state index contributed by atoms with van der Waals surface area (Å²) in [6.07, 6.45) is 10.2. The van der Waals surface area contributed by atoms with Crippen LogP contribution >= 0.6 is 0 Å². The van der Waals surface area contributed by atoms with Crippen molar-refractivity contribution in [3.05, 3.63) is 29.3 Å². The zero-order valence-electron chi connectivity index (χ0n) is 23.7.